The van der Waals surface area contributed by atoms with Crippen molar-refractivity contribution in [3.63, 3.8) is 0 Å². The van der Waals surface area contributed by atoms with Gasteiger partial charge in [0.25, 0.3) is 5.91 Å². The minimum absolute atomic E-state index is 0.268. The Morgan fingerprint density at radius 2 is 1.89 bits per heavy atom. The van der Waals surface area contributed by atoms with E-state index < -0.39 is 5.91 Å². The standard InChI is InChI=1S/C20H13Br2N3O3/c21-15-3-1-13(2-4-15)19-8-6-17(28-19)11-24-25-20(26)12-27-18-7-5-16(22)9-14(18)10-23/h1-9,11H,12H2,(H,25,26). The quantitative estimate of drug-likeness (QED) is 0.384. The molecular formula is C20H13Br2N3O3. The van der Waals surface area contributed by atoms with Gasteiger partial charge in [-0.25, -0.2) is 5.43 Å². The number of halogens is 2. The zero-order chi connectivity index (χ0) is 19.9. The van der Waals surface area contributed by atoms with Crippen LogP contribution in [0.3, 0.4) is 0 Å². The summed E-state index contributed by atoms with van der Waals surface area (Å²) in [6.07, 6.45) is 1.40. The van der Waals surface area contributed by atoms with Gasteiger partial charge < -0.3 is 9.15 Å². The number of carbonyl (C=O) groups excluding carboxylic acids is 1. The first-order chi connectivity index (χ1) is 13.5. The molecule has 0 aliphatic carbocycles. The fourth-order valence-electron chi connectivity index (χ4n) is 2.25. The Balaban J connectivity index is 1.53. The van der Waals surface area contributed by atoms with Gasteiger partial charge in [0.05, 0.1) is 11.8 Å². The first-order valence-corrected chi connectivity index (χ1v) is 9.64. The number of nitriles is 1. The fraction of sp³-hybridized carbons (Fsp3) is 0.0500. The van der Waals surface area contributed by atoms with Gasteiger partial charge in [0, 0.05) is 14.5 Å². The Morgan fingerprint density at radius 1 is 1.14 bits per heavy atom. The van der Waals surface area contributed by atoms with E-state index in [0.29, 0.717) is 22.8 Å². The third-order valence-electron chi connectivity index (χ3n) is 3.56. The Kier molecular flexibility index (Phi) is 6.63. The number of hydrogen-bond donors (Lipinski definition) is 1. The van der Waals surface area contributed by atoms with Crippen molar-refractivity contribution in [3.05, 3.63) is 74.9 Å². The number of nitrogens with one attached hydrogen (secondary N) is 1. The number of nitrogens with zero attached hydrogens (tertiary/aromatic N) is 2. The number of hydrogen-bond acceptors (Lipinski definition) is 5. The van der Waals surface area contributed by atoms with Gasteiger partial charge in [0.2, 0.25) is 0 Å². The van der Waals surface area contributed by atoms with Crippen molar-refractivity contribution in [2.75, 3.05) is 6.61 Å². The van der Waals surface area contributed by atoms with Crippen LogP contribution >= 0.6 is 31.9 Å². The average molecular weight is 503 g/mol. The number of rotatable bonds is 6. The molecule has 0 unspecified atom stereocenters. The Bertz CT molecular complexity index is 1050. The molecule has 1 aromatic heterocycles. The second kappa shape index (κ2) is 9.35. The van der Waals surface area contributed by atoms with E-state index in [-0.39, 0.29) is 6.61 Å². The highest BCUT2D eigenvalue weighted by molar-refractivity contribution is 9.10. The monoisotopic (exact) mass is 501 g/mol. The van der Waals surface area contributed by atoms with Crippen molar-refractivity contribution < 1.29 is 13.9 Å². The summed E-state index contributed by atoms with van der Waals surface area (Å²) in [6, 6.07) is 18.3. The summed E-state index contributed by atoms with van der Waals surface area (Å²) in [4.78, 5) is 11.9. The molecule has 1 heterocycles. The highest BCUT2D eigenvalue weighted by Crippen LogP contribution is 2.24. The van der Waals surface area contributed by atoms with Crippen molar-refractivity contribution in [2.24, 2.45) is 5.10 Å². The molecule has 0 radical (unpaired) electrons. The molecular weight excluding hydrogens is 490 g/mol. The van der Waals surface area contributed by atoms with Gasteiger partial charge in [-0.1, -0.05) is 44.0 Å². The van der Waals surface area contributed by atoms with Crippen LogP contribution in [0.5, 0.6) is 5.75 Å². The summed E-state index contributed by atoms with van der Waals surface area (Å²) >= 11 is 6.67. The Morgan fingerprint density at radius 3 is 2.64 bits per heavy atom. The summed E-state index contributed by atoms with van der Waals surface area (Å²) in [6.45, 7) is -0.268. The smallest absolute Gasteiger partial charge is 0.277 e. The highest BCUT2D eigenvalue weighted by atomic mass is 79.9. The average Bonchev–Trinajstić information content (AvgIpc) is 3.16. The minimum Gasteiger partial charge on any atom is -0.482 e. The molecule has 0 aliphatic rings. The van der Waals surface area contributed by atoms with E-state index in [1.165, 1.54) is 6.21 Å². The summed E-state index contributed by atoms with van der Waals surface area (Å²) in [5, 5.41) is 12.9. The van der Waals surface area contributed by atoms with Crippen molar-refractivity contribution in [1.82, 2.24) is 5.43 Å². The summed E-state index contributed by atoms with van der Waals surface area (Å²) in [5.74, 6) is 1.07. The first kappa shape index (κ1) is 19.9. The molecule has 3 aromatic rings. The van der Waals surface area contributed by atoms with E-state index in [2.05, 4.69) is 42.4 Å². The zero-order valence-corrected chi connectivity index (χ0v) is 17.5. The molecule has 1 amide bonds. The van der Waals surface area contributed by atoms with Gasteiger partial charge >= 0.3 is 0 Å². The van der Waals surface area contributed by atoms with Crippen LogP contribution in [0.15, 0.2) is 73.1 Å². The second-order valence-corrected chi connectivity index (χ2v) is 7.37. The lowest BCUT2D eigenvalue weighted by Crippen LogP contribution is -2.24. The van der Waals surface area contributed by atoms with Gasteiger partial charge in [-0.15, -0.1) is 0 Å². The van der Waals surface area contributed by atoms with E-state index in [4.69, 9.17) is 14.4 Å². The molecule has 28 heavy (non-hydrogen) atoms. The topological polar surface area (TPSA) is 87.6 Å². The molecule has 0 atom stereocenters. The van der Waals surface area contributed by atoms with E-state index >= 15 is 0 Å². The van der Waals surface area contributed by atoms with Gasteiger partial charge in [0.1, 0.15) is 23.3 Å². The number of ether oxygens (including phenoxy) is 1. The zero-order valence-electron chi connectivity index (χ0n) is 14.4. The van der Waals surface area contributed by atoms with Crippen LogP contribution in [0.2, 0.25) is 0 Å². The lowest BCUT2D eigenvalue weighted by Gasteiger charge is -2.06. The summed E-state index contributed by atoms with van der Waals surface area (Å²) in [7, 11) is 0. The second-order valence-electron chi connectivity index (χ2n) is 5.54. The Labute approximate surface area is 178 Å². The predicted octanol–water partition coefficient (Wildman–Crippen LogP) is 4.87. The van der Waals surface area contributed by atoms with Crippen LogP contribution in [0.4, 0.5) is 0 Å². The molecule has 0 bridgehead atoms. The van der Waals surface area contributed by atoms with Crippen LogP contribution in [-0.4, -0.2) is 18.7 Å². The van der Waals surface area contributed by atoms with Crippen molar-refractivity contribution in [1.29, 1.82) is 5.26 Å². The molecule has 2 aromatic carbocycles. The van der Waals surface area contributed by atoms with Crippen LogP contribution in [0.25, 0.3) is 11.3 Å². The van der Waals surface area contributed by atoms with Gasteiger partial charge in [0.15, 0.2) is 6.61 Å². The molecule has 3 rings (SSSR count). The fourth-order valence-corrected chi connectivity index (χ4v) is 2.88. The predicted molar refractivity (Wildman–Crippen MR) is 112 cm³/mol. The molecule has 6 nitrogen and oxygen atoms in total. The van der Waals surface area contributed by atoms with Crippen LogP contribution < -0.4 is 10.2 Å². The number of amides is 1. The Hall–Kier alpha value is -2.89. The molecule has 0 spiro atoms. The van der Waals surface area contributed by atoms with Crippen molar-refractivity contribution in [2.45, 2.75) is 0 Å². The SMILES string of the molecule is N#Cc1cc(Br)ccc1OCC(=O)NN=Cc1ccc(-c2ccc(Br)cc2)o1. The largest absolute Gasteiger partial charge is 0.482 e. The first-order valence-electron chi connectivity index (χ1n) is 8.05. The molecule has 0 fully saturated rings. The normalized spacial score (nSPS) is 10.6. The van der Waals surface area contributed by atoms with Gasteiger partial charge in [-0.2, -0.15) is 10.4 Å². The number of carbonyl (C=O) groups is 1. The molecule has 140 valence electrons. The molecule has 1 N–H and O–H groups in total. The molecule has 0 saturated heterocycles. The number of hydrazone groups is 1. The van der Waals surface area contributed by atoms with E-state index in [1.54, 1.807) is 24.3 Å². The lowest BCUT2D eigenvalue weighted by molar-refractivity contribution is -0.123. The third kappa shape index (κ3) is 5.31. The maximum absolute atomic E-state index is 11.9. The van der Waals surface area contributed by atoms with Crippen LogP contribution in [0.1, 0.15) is 11.3 Å². The van der Waals surface area contributed by atoms with Crippen molar-refractivity contribution >= 4 is 44.0 Å². The van der Waals surface area contributed by atoms with Crippen LogP contribution in [-0.2, 0) is 4.79 Å². The molecule has 8 heteroatoms. The third-order valence-corrected chi connectivity index (χ3v) is 4.58. The maximum Gasteiger partial charge on any atom is 0.277 e. The summed E-state index contributed by atoms with van der Waals surface area (Å²) < 4.78 is 12.8. The van der Waals surface area contributed by atoms with E-state index in [9.17, 15) is 4.79 Å². The van der Waals surface area contributed by atoms with E-state index in [0.717, 1.165) is 14.5 Å². The lowest BCUT2D eigenvalue weighted by atomic mass is 10.2. The van der Waals surface area contributed by atoms with Crippen LogP contribution in [0, 0.1) is 11.3 Å². The molecule has 0 aliphatic heterocycles. The van der Waals surface area contributed by atoms with Gasteiger partial charge in [-0.3, -0.25) is 4.79 Å². The summed E-state index contributed by atoms with van der Waals surface area (Å²) in [5.41, 5.74) is 3.62. The van der Waals surface area contributed by atoms with E-state index in [1.807, 2.05) is 36.4 Å². The maximum atomic E-state index is 11.9. The highest BCUT2D eigenvalue weighted by Gasteiger charge is 2.07. The van der Waals surface area contributed by atoms with Gasteiger partial charge in [-0.05, 0) is 42.5 Å². The molecule has 0 saturated carbocycles. The number of furan rings is 1. The minimum atomic E-state index is -0.456. The number of benzene rings is 2. The van der Waals surface area contributed by atoms with Crippen molar-refractivity contribution in [3.8, 4) is 23.1 Å².